The van der Waals surface area contributed by atoms with E-state index < -0.39 is 23.4 Å². The minimum absolute atomic E-state index is 0.0884. The fourth-order valence-electron chi connectivity index (χ4n) is 3.55. The smallest absolute Gasteiger partial charge is 0.407 e. The molecule has 0 fully saturated rings. The van der Waals surface area contributed by atoms with E-state index in [9.17, 15) is 9.18 Å². The third-order valence-corrected chi connectivity index (χ3v) is 4.74. The monoisotopic (exact) mass is 430 g/mol. The van der Waals surface area contributed by atoms with Gasteiger partial charge in [-0.15, -0.1) is 0 Å². The van der Waals surface area contributed by atoms with Gasteiger partial charge in [0.1, 0.15) is 35.5 Å². The number of aromatic nitrogens is 1. The van der Waals surface area contributed by atoms with Crippen LogP contribution in [0.5, 0.6) is 11.5 Å². The number of hydrogen-bond donors (Lipinski definition) is 1. The molecule has 2 heterocycles. The first-order valence-electron chi connectivity index (χ1n) is 10.5. The average Bonchev–Trinajstić information content (AvgIpc) is 2.63. The van der Waals surface area contributed by atoms with Crippen LogP contribution in [0.3, 0.4) is 0 Å². The molecule has 0 aliphatic carbocycles. The van der Waals surface area contributed by atoms with Crippen LogP contribution in [0.4, 0.5) is 9.18 Å². The molecule has 2 atom stereocenters. The van der Waals surface area contributed by atoms with Gasteiger partial charge in [-0.05, 0) is 65.3 Å². The molecule has 1 amide bonds. The second-order valence-corrected chi connectivity index (χ2v) is 9.46. The van der Waals surface area contributed by atoms with E-state index in [2.05, 4.69) is 10.3 Å². The molecular weight excluding hydrogens is 399 g/mol. The lowest BCUT2D eigenvalue weighted by Gasteiger charge is -2.28. The lowest BCUT2D eigenvalue weighted by Crippen LogP contribution is -2.44. The number of carbonyl (C=O) groups is 1. The summed E-state index contributed by atoms with van der Waals surface area (Å²) in [6.45, 7) is 10.3. The molecule has 0 bridgehead atoms. The first-order valence-corrected chi connectivity index (χ1v) is 10.5. The van der Waals surface area contributed by atoms with Gasteiger partial charge in [0.15, 0.2) is 0 Å². The summed E-state index contributed by atoms with van der Waals surface area (Å²) >= 11 is 0. The van der Waals surface area contributed by atoms with Gasteiger partial charge in [0.25, 0.3) is 0 Å². The number of carbonyl (C=O) groups excluding carboxylic acids is 1. The number of rotatable bonds is 6. The van der Waals surface area contributed by atoms with E-state index in [1.165, 1.54) is 13.8 Å². The summed E-state index contributed by atoms with van der Waals surface area (Å²) < 4.78 is 31.5. The summed E-state index contributed by atoms with van der Waals surface area (Å²) in [6, 6.07) is 7.01. The number of nitrogens with one attached hydrogen (secondary N) is 1. The summed E-state index contributed by atoms with van der Waals surface area (Å²) in [7, 11) is 0. The van der Waals surface area contributed by atoms with E-state index in [1.54, 1.807) is 27.0 Å². The highest BCUT2D eigenvalue weighted by atomic mass is 19.1. The maximum atomic E-state index is 14.3. The van der Waals surface area contributed by atoms with E-state index in [1.807, 2.05) is 37.4 Å². The third-order valence-electron chi connectivity index (χ3n) is 4.74. The van der Waals surface area contributed by atoms with Crippen molar-refractivity contribution >= 4 is 6.09 Å². The van der Waals surface area contributed by atoms with E-state index in [-0.39, 0.29) is 19.1 Å². The van der Waals surface area contributed by atoms with Crippen molar-refractivity contribution in [1.29, 1.82) is 0 Å². The van der Waals surface area contributed by atoms with Gasteiger partial charge < -0.3 is 19.5 Å². The number of hydrogen-bond acceptors (Lipinski definition) is 5. The summed E-state index contributed by atoms with van der Waals surface area (Å²) in [5, 5.41) is 2.72. The lowest BCUT2D eigenvalue weighted by molar-refractivity contribution is 0.0459. The van der Waals surface area contributed by atoms with E-state index >= 15 is 0 Å². The van der Waals surface area contributed by atoms with Crippen molar-refractivity contribution in [2.75, 3.05) is 6.61 Å². The van der Waals surface area contributed by atoms with Gasteiger partial charge in [0.2, 0.25) is 0 Å². The standard InChI is InChI=1S/C24H31FN2O4/c1-15-20-13-26-10-9-18(20)19-8-7-17(11-21(19)30-15)29-14-16(12-24(5,6)25)27-22(28)31-23(2,3)4/h7-11,13,15-16H,12,14H2,1-6H3,(H,27,28). The molecule has 1 aromatic heterocycles. The number of fused-ring (bicyclic) bond motifs is 3. The zero-order chi connectivity index (χ0) is 22.8. The maximum absolute atomic E-state index is 14.3. The fourth-order valence-corrected chi connectivity index (χ4v) is 3.55. The molecule has 0 saturated heterocycles. The predicted octanol–water partition coefficient (Wildman–Crippen LogP) is 5.61. The van der Waals surface area contributed by atoms with E-state index in [0.29, 0.717) is 11.5 Å². The van der Waals surface area contributed by atoms with Gasteiger partial charge in [0, 0.05) is 36.0 Å². The number of nitrogens with zero attached hydrogens (tertiary/aromatic N) is 1. The molecule has 2 aromatic rings. The van der Waals surface area contributed by atoms with Gasteiger partial charge in [-0.3, -0.25) is 4.98 Å². The van der Waals surface area contributed by atoms with Crippen molar-refractivity contribution in [2.24, 2.45) is 0 Å². The van der Waals surface area contributed by atoms with Crippen LogP contribution in [0, 0.1) is 0 Å². The highest BCUT2D eigenvalue weighted by Gasteiger charge is 2.27. The van der Waals surface area contributed by atoms with Crippen LogP contribution in [0.2, 0.25) is 0 Å². The van der Waals surface area contributed by atoms with Crippen molar-refractivity contribution in [3.8, 4) is 22.6 Å². The van der Waals surface area contributed by atoms with Gasteiger partial charge in [-0.2, -0.15) is 0 Å². The Hall–Kier alpha value is -2.83. The third kappa shape index (κ3) is 6.32. The number of benzene rings is 1. The van der Waals surface area contributed by atoms with Crippen molar-refractivity contribution in [2.45, 2.75) is 71.4 Å². The highest BCUT2D eigenvalue weighted by Crippen LogP contribution is 2.43. The second kappa shape index (κ2) is 8.73. The molecule has 3 rings (SSSR count). The Bertz CT molecular complexity index is 934. The zero-order valence-electron chi connectivity index (χ0n) is 19.0. The van der Waals surface area contributed by atoms with Crippen LogP contribution in [0.25, 0.3) is 11.1 Å². The number of ether oxygens (including phenoxy) is 3. The Labute approximate surface area is 183 Å². The minimum Gasteiger partial charge on any atom is -0.491 e. The number of amides is 1. The Morgan fingerprint density at radius 2 is 1.97 bits per heavy atom. The van der Waals surface area contributed by atoms with Crippen LogP contribution < -0.4 is 14.8 Å². The molecular formula is C24H31FN2O4. The Morgan fingerprint density at radius 1 is 1.23 bits per heavy atom. The molecule has 1 aliphatic rings. The molecule has 0 spiro atoms. The van der Waals surface area contributed by atoms with Crippen molar-refractivity contribution in [3.05, 3.63) is 42.2 Å². The largest absolute Gasteiger partial charge is 0.491 e. The second-order valence-electron chi connectivity index (χ2n) is 9.46. The molecule has 0 radical (unpaired) electrons. The molecule has 168 valence electrons. The summed E-state index contributed by atoms with van der Waals surface area (Å²) in [4.78, 5) is 16.4. The maximum Gasteiger partial charge on any atom is 0.407 e. The van der Waals surface area contributed by atoms with Gasteiger partial charge in [0.05, 0.1) is 6.04 Å². The predicted molar refractivity (Wildman–Crippen MR) is 117 cm³/mol. The van der Waals surface area contributed by atoms with Crippen LogP contribution >= 0.6 is 0 Å². The van der Waals surface area contributed by atoms with Crippen LogP contribution in [-0.2, 0) is 4.74 Å². The summed E-state index contributed by atoms with van der Waals surface area (Å²) in [6.07, 6.45) is 2.94. The lowest BCUT2D eigenvalue weighted by atomic mass is 9.95. The van der Waals surface area contributed by atoms with Crippen LogP contribution in [0.1, 0.15) is 59.6 Å². The number of alkyl carbamates (subject to hydrolysis) is 1. The minimum atomic E-state index is -1.48. The molecule has 1 aliphatic heterocycles. The molecule has 1 aromatic carbocycles. The number of halogens is 1. The number of pyridine rings is 1. The molecule has 0 saturated carbocycles. The SMILES string of the molecule is CC1Oc2cc(OCC(CC(C)(C)F)NC(=O)OC(C)(C)C)ccc2-c2ccncc21. The Morgan fingerprint density at radius 3 is 2.65 bits per heavy atom. The van der Waals surface area contributed by atoms with Gasteiger partial charge in [-0.25, -0.2) is 9.18 Å². The number of alkyl halides is 1. The molecule has 31 heavy (non-hydrogen) atoms. The quantitative estimate of drug-likeness (QED) is 0.645. The molecule has 2 unspecified atom stereocenters. The van der Waals surface area contributed by atoms with E-state index in [4.69, 9.17) is 14.2 Å². The van der Waals surface area contributed by atoms with Gasteiger partial charge >= 0.3 is 6.09 Å². The van der Waals surface area contributed by atoms with E-state index in [0.717, 1.165) is 16.7 Å². The van der Waals surface area contributed by atoms with Crippen LogP contribution in [0.15, 0.2) is 36.7 Å². The topological polar surface area (TPSA) is 69.7 Å². The first-order chi connectivity index (χ1) is 14.4. The van der Waals surface area contributed by atoms with Crippen LogP contribution in [-0.4, -0.2) is 35.0 Å². The van der Waals surface area contributed by atoms with Crippen molar-refractivity contribution < 1.29 is 23.4 Å². The van der Waals surface area contributed by atoms with Gasteiger partial charge in [-0.1, -0.05) is 0 Å². The summed E-state index contributed by atoms with van der Waals surface area (Å²) in [5.74, 6) is 1.29. The average molecular weight is 431 g/mol. The molecule has 6 nitrogen and oxygen atoms in total. The van der Waals surface area contributed by atoms with Crippen molar-refractivity contribution in [1.82, 2.24) is 10.3 Å². The Kier molecular flexibility index (Phi) is 6.43. The van der Waals surface area contributed by atoms with Crippen molar-refractivity contribution in [3.63, 3.8) is 0 Å². The normalized spacial score (nSPS) is 16.4. The molecule has 7 heteroatoms. The highest BCUT2D eigenvalue weighted by molar-refractivity contribution is 5.76. The first kappa shape index (κ1) is 22.8. The Balaban J connectivity index is 1.72. The fraction of sp³-hybridized carbons (Fsp3) is 0.500. The zero-order valence-corrected chi connectivity index (χ0v) is 19.0. The molecule has 1 N–H and O–H groups in total. The summed E-state index contributed by atoms with van der Waals surface area (Å²) in [5.41, 5.74) is 0.972.